The van der Waals surface area contributed by atoms with Gasteiger partial charge in [0.1, 0.15) is 10.7 Å². The highest BCUT2D eigenvalue weighted by Gasteiger charge is 2.34. The first-order valence-electron chi connectivity index (χ1n) is 6.55. The van der Waals surface area contributed by atoms with Crippen LogP contribution in [-0.2, 0) is 0 Å². The van der Waals surface area contributed by atoms with Crippen molar-refractivity contribution in [1.29, 1.82) is 0 Å². The molecule has 0 radical (unpaired) electrons. The van der Waals surface area contributed by atoms with Gasteiger partial charge in [0.05, 0.1) is 0 Å². The number of aromatic amines is 1. The molecule has 1 atom stereocenters. The number of H-pyrrole nitrogens is 1. The number of aromatic nitrogens is 1. The van der Waals surface area contributed by atoms with Gasteiger partial charge in [0, 0.05) is 12.6 Å². The SMILES string of the molecule is O=C(N[C@H]1CN2CCC1CC2)c1ccc(Cl)c(=O)[nH]1. The van der Waals surface area contributed by atoms with Crippen molar-refractivity contribution in [3.8, 4) is 0 Å². The lowest BCUT2D eigenvalue weighted by atomic mass is 9.84. The van der Waals surface area contributed by atoms with Crippen LogP contribution in [0.1, 0.15) is 23.3 Å². The van der Waals surface area contributed by atoms with Crippen LogP contribution >= 0.6 is 11.6 Å². The highest BCUT2D eigenvalue weighted by molar-refractivity contribution is 6.30. The molecule has 102 valence electrons. The lowest BCUT2D eigenvalue weighted by Crippen LogP contribution is -2.57. The third-order valence-corrected chi connectivity index (χ3v) is 4.38. The van der Waals surface area contributed by atoms with E-state index in [-0.39, 0.29) is 22.7 Å². The first-order valence-corrected chi connectivity index (χ1v) is 6.93. The first-order chi connectivity index (χ1) is 9.13. The normalized spacial score (nSPS) is 29.2. The summed E-state index contributed by atoms with van der Waals surface area (Å²) >= 11 is 5.65. The summed E-state index contributed by atoms with van der Waals surface area (Å²) in [5.74, 6) is 0.334. The van der Waals surface area contributed by atoms with Gasteiger partial charge >= 0.3 is 0 Å². The van der Waals surface area contributed by atoms with Crippen LogP contribution in [0.3, 0.4) is 0 Å². The molecule has 1 aromatic heterocycles. The van der Waals surface area contributed by atoms with Gasteiger partial charge in [-0.15, -0.1) is 0 Å². The molecule has 3 fully saturated rings. The number of piperidine rings is 3. The quantitative estimate of drug-likeness (QED) is 0.845. The molecule has 2 N–H and O–H groups in total. The van der Waals surface area contributed by atoms with Gasteiger partial charge in [0.25, 0.3) is 11.5 Å². The fourth-order valence-corrected chi connectivity index (χ4v) is 3.07. The van der Waals surface area contributed by atoms with Crippen molar-refractivity contribution in [3.63, 3.8) is 0 Å². The number of fused-ring (bicyclic) bond motifs is 3. The third kappa shape index (κ3) is 2.53. The number of amides is 1. The van der Waals surface area contributed by atoms with Gasteiger partial charge < -0.3 is 15.2 Å². The second-order valence-corrected chi connectivity index (χ2v) is 5.67. The van der Waals surface area contributed by atoms with E-state index in [9.17, 15) is 9.59 Å². The minimum atomic E-state index is -0.428. The summed E-state index contributed by atoms with van der Waals surface area (Å²) in [5.41, 5.74) is -0.158. The summed E-state index contributed by atoms with van der Waals surface area (Å²) in [6.45, 7) is 3.18. The van der Waals surface area contributed by atoms with E-state index < -0.39 is 5.56 Å². The van der Waals surface area contributed by atoms with E-state index in [0.29, 0.717) is 5.92 Å². The van der Waals surface area contributed by atoms with Crippen molar-refractivity contribution < 1.29 is 4.79 Å². The Kier molecular flexibility index (Phi) is 3.33. The van der Waals surface area contributed by atoms with Crippen molar-refractivity contribution >= 4 is 17.5 Å². The summed E-state index contributed by atoms with van der Waals surface area (Å²) in [6, 6.07) is 3.18. The molecule has 0 saturated carbocycles. The van der Waals surface area contributed by atoms with Gasteiger partial charge in [-0.1, -0.05) is 11.6 Å². The average Bonchev–Trinajstić information content (AvgIpc) is 2.43. The number of carbonyl (C=O) groups excluding carboxylic acids is 1. The van der Waals surface area contributed by atoms with Gasteiger partial charge in [-0.3, -0.25) is 9.59 Å². The Bertz CT molecular complexity index is 549. The standard InChI is InChI=1S/C13H16ClN3O2/c14-9-1-2-10(15-12(9)18)13(19)16-11-7-17-5-3-8(11)4-6-17/h1-2,8,11H,3-7H2,(H,15,18)(H,16,19)/t11-/m0/s1. The molecule has 1 amide bonds. The second-order valence-electron chi connectivity index (χ2n) is 5.27. The molecular weight excluding hydrogens is 266 g/mol. The van der Waals surface area contributed by atoms with Gasteiger partial charge in [0.2, 0.25) is 0 Å². The molecule has 4 heterocycles. The summed E-state index contributed by atoms with van der Waals surface area (Å²) in [4.78, 5) is 28.4. The molecule has 6 heteroatoms. The minimum Gasteiger partial charge on any atom is -0.346 e. The van der Waals surface area contributed by atoms with Crippen LogP contribution < -0.4 is 10.9 Å². The zero-order chi connectivity index (χ0) is 13.4. The van der Waals surface area contributed by atoms with Crippen LogP contribution in [0.2, 0.25) is 5.02 Å². The number of nitrogens with one attached hydrogen (secondary N) is 2. The highest BCUT2D eigenvalue weighted by Crippen LogP contribution is 2.27. The van der Waals surface area contributed by atoms with Crippen molar-refractivity contribution in [3.05, 3.63) is 33.2 Å². The van der Waals surface area contributed by atoms with Crippen LogP contribution in [0.5, 0.6) is 0 Å². The monoisotopic (exact) mass is 281 g/mol. The van der Waals surface area contributed by atoms with E-state index in [1.165, 1.54) is 6.07 Å². The number of hydrogen-bond donors (Lipinski definition) is 2. The molecule has 3 saturated heterocycles. The zero-order valence-corrected chi connectivity index (χ0v) is 11.2. The van der Waals surface area contributed by atoms with Gasteiger partial charge in [-0.2, -0.15) is 0 Å². The van der Waals surface area contributed by atoms with E-state index in [2.05, 4.69) is 15.2 Å². The van der Waals surface area contributed by atoms with E-state index in [1.807, 2.05) is 0 Å². The Morgan fingerprint density at radius 2 is 2.11 bits per heavy atom. The maximum Gasteiger partial charge on any atom is 0.268 e. The smallest absolute Gasteiger partial charge is 0.268 e. The van der Waals surface area contributed by atoms with E-state index in [1.54, 1.807) is 6.07 Å². The molecule has 0 aliphatic carbocycles. The van der Waals surface area contributed by atoms with Crippen LogP contribution in [0.4, 0.5) is 0 Å². The van der Waals surface area contributed by atoms with Crippen molar-refractivity contribution in [2.24, 2.45) is 5.92 Å². The summed E-state index contributed by atoms with van der Waals surface area (Å²) in [5, 5.41) is 3.12. The molecule has 0 spiro atoms. The number of hydrogen-bond acceptors (Lipinski definition) is 3. The molecule has 4 rings (SSSR count). The number of carbonyl (C=O) groups is 1. The molecule has 3 aliphatic heterocycles. The lowest BCUT2D eigenvalue weighted by Gasteiger charge is -2.44. The molecule has 2 bridgehead atoms. The van der Waals surface area contributed by atoms with Crippen molar-refractivity contribution in [2.45, 2.75) is 18.9 Å². The van der Waals surface area contributed by atoms with Gasteiger partial charge in [-0.25, -0.2) is 0 Å². The molecule has 1 aromatic rings. The topological polar surface area (TPSA) is 65.2 Å². The highest BCUT2D eigenvalue weighted by atomic mass is 35.5. The number of nitrogens with zero attached hydrogens (tertiary/aromatic N) is 1. The van der Waals surface area contributed by atoms with E-state index in [0.717, 1.165) is 32.5 Å². The van der Waals surface area contributed by atoms with Crippen LogP contribution in [0.25, 0.3) is 0 Å². The lowest BCUT2D eigenvalue weighted by molar-refractivity contribution is 0.0617. The largest absolute Gasteiger partial charge is 0.346 e. The van der Waals surface area contributed by atoms with E-state index >= 15 is 0 Å². The van der Waals surface area contributed by atoms with Crippen LogP contribution in [0.15, 0.2) is 16.9 Å². The Morgan fingerprint density at radius 3 is 2.68 bits per heavy atom. The summed E-state index contributed by atoms with van der Waals surface area (Å²) in [7, 11) is 0. The molecule has 5 nitrogen and oxygen atoms in total. The Labute approximate surface area is 115 Å². The number of pyridine rings is 1. The zero-order valence-electron chi connectivity index (χ0n) is 10.5. The van der Waals surface area contributed by atoms with Crippen molar-refractivity contribution in [1.82, 2.24) is 15.2 Å². The average molecular weight is 282 g/mol. The summed E-state index contributed by atoms with van der Waals surface area (Å²) in [6.07, 6.45) is 2.28. The van der Waals surface area contributed by atoms with Gasteiger partial charge in [0.15, 0.2) is 0 Å². The Morgan fingerprint density at radius 1 is 1.37 bits per heavy atom. The Hall–Kier alpha value is -1.33. The van der Waals surface area contributed by atoms with Crippen LogP contribution in [0, 0.1) is 5.92 Å². The fourth-order valence-electron chi connectivity index (χ4n) is 2.96. The molecular formula is C13H16ClN3O2. The predicted octanol–water partition coefficient (Wildman–Crippen LogP) is 0.852. The summed E-state index contributed by atoms with van der Waals surface area (Å²) < 4.78 is 0. The number of rotatable bonds is 2. The molecule has 0 aromatic carbocycles. The van der Waals surface area contributed by atoms with Gasteiger partial charge in [-0.05, 0) is 44.0 Å². The third-order valence-electron chi connectivity index (χ3n) is 4.08. The second kappa shape index (κ2) is 4.98. The number of halogens is 1. The van der Waals surface area contributed by atoms with Crippen LogP contribution in [-0.4, -0.2) is 41.5 Å². The van der Waals surface area contributed by atoms with Crippen molar-refractivity contribution in [2.75, 3.05) is 19.6 Å². The molecule has 0 unspecified atom stereocenters. The van der Waals surface area contributed by atoms with E-state index in [4.69, 9.17) is 11.6 Å². The molecule has 3 aliphatic rings. The molecule has 19 heavy (non-hydrogen) atoms. The minimum absolute atomic E-state index is 0.0967. The Balaban J connectivity index is 1.71. The predicted molar refractivity (Wildman–Crippen MR) is 72.5 cm³/mol. The maximum atomic E-state index is 12.1. The first kappa shape index (κ1) is 12.7. The fraction of sp³-hybridized carbons (Fsp3) is 0.538. The maximum absolute atomic E-state index is 12.1.